The molecule has 0 radical (unpaired) electrons. The van der Waals surface area contributed by atoms with Crippen LogP contribution < -0.4 is 9.46 Å². The first-order chi connectivity index (χ1) is 11.6. The molecular formula is C14H9BrClF2NO5S. The first-order valence-electron chi connectivity index (χ1n) is 6.35. The number of anilines is 1. The average molecular weight is 457 g/mol. The molecule has 25 heavy (non-hydrogen) atoms. The van der Waals surface area contributed by atoms with Crippen LogP contribution in [0.15, 0.2) is 33.6 Å². The summed E-state index contributed by atoms with van der Waals surface area (Å²) >= 11 is 8.92. The molecular weight excluding hydrogens is 448 g/mol. The lowest BCUT2D eigenvalue weighted by atomic mass is 10.2. The van der Waals surface area contributed by atoms with E-state index in [-0.39, 0.29) is 21.3 Å². The molecule has 6 nitrogen and oxygen atoms in total. The monoisotopic (exact) mass is 455 g/mol. The van der Waals surface area contributed by atoms with Crippen molar-refractivity contribution in [3.63, 3.8) is 0 Å². The maximum atomic E-state index is 13.9. The van der Waals surface area contributed by atoms with Crippen LogP contribution in [0.4, 0.5) is 14.5 Å². The number of sulfonamides is 1. The number of hydrogen-bond acceptors (Lipinski definition) is 4. The van der Waals surface area contributed by atoms with Crippen LogP contribution in [-0.2, 0) is 10.0 Å². The Kier molecular flexibility index (Phi) is 5.55. The Hall–Kier alpha value is -1.91. The molecule has 0 aliphatic carbocycles. The van der Waals surface area contributed by atoms with Gasteiger partial charge in [-0.1, -0.05) is 11.6 Å². The molecule has 0 aliphatic heterocycles. The third kappa shape index (κ3) is 4.02. The Balaban J connectivity index is 2.58. The highest BCUT2D eigenvalue weighted by molar-refractivity contribution is 9.10. The Morgan fingerprint density at radius 3 is 2.44 bits per heavy atom. The zero-order chi connectivity index (χ0) is 18.9. The second-order valence-corrected chi connectivity index (χ2v) is 7.58. The molecule has 0 bridgehead atoms. The minimum absolute atomic E-state index is 0.0545. The van der Waals surface area contributed by atoms with Gasteiger partial charge in [-0.15, -0.1) is 0 Å². The largest absolute Gasteiger partial charge is 0.494 e. The van der Waals surface area contributed by atoms with E-state index < -0.39 is 43.8 Å². The van der Waals surface area contributed by atoms with Crippen LogP contribution in [0.1, 0.15) is 10.4 Å². The molecule has 0 saturated carbocycles. The van der Waals surface area contributed by atoms with Crippen LogP contribution in [0.5, 0.6) is 5.75 Å². The van der Waals surface area contributed by atoms with Gasteiger partial charge >= 0.3 is 5.97 Å². The van der Waals surface area contributed by atoms with E-state index in [9.17, 15) is 22.0 Å². The van der Waals surface area contributed by atoms with Crippen molar-refractivity contribution in [2.24, 2.45) is 0 Å². The number of aromatic carboxylic acids is 1. The first kappa shape index (κ1) is 19.4. The predicted molar refractivity (Wildman–Crippen MR) is 89.8 cm³/mol. The van der Waals surface area contributed by atoms with Crippen molar-refractivity contribution in [3.05, 3.63) is 51.0 Å². The Labute approximate surface area is 154 Å². The van der Waals surface area contributed by atoms with E-state index >= 15 is 0 Å². The van der Waals surface area contributed by atoms with E-state index in [0.717, 1.165) is 6.07 Å². The van der Waals surface area contributed by atoms with Crippen LogP contribution in [0, 0.1) is 11.6 Å². The molecule has 0 aliphatic rings. The van der Waals surface area contributed by atoms with Crippen LogP contribution in [0.3, 0.4) is 0 Å². The molecule has 0 amide bonds. The summed E-state index contributed by atoms with van der Waals surface area (Å²) in [6.45, 7) is 0. The third-order valence-electron chi connectivity index (χ3n) is 3.00. The quantitative estimate of drug-likeness (QED) is 0.712. The maximum Gasteiger partial charge on any atom is 0.338 e. The van der Waals surface area contributed by atoms with Gasteiger partial charge in [0.05, 0.1) is 22.8 Å². The molecule has 0 atom stereocenters. The zero-order valence-electron chi connectivity index (χ0n) is 12.3. The number of carboxylic acids is 1. The molecule has 2 aromatic carbocycles. The van der Waals surface area contributed by atoms with E-state index in [1.165, 1.54) is 13.2 Å². The number of hydrogen-bond donors (Lipinski definition) is 2. The highest BCUT2D eigenvalue weighted by atomic mass is 79.9. The summed E-state index contributed by atoms with van der Waals surface area (Å²) in [6, 6.07) is 3.26. The summed E-state index contributed by atoms with van der Waals surface area (Å²) in [6.07, 6.45) is 0. The van der Waals surface area contributed by atoms with Crippen LogP contribution in [-0.4, -0.2) is 26.6 Å². The van der Waals surface area contributed by atoms with Gasteiger partial charge in [-0.3, -0.25) is 4.72 Å². The van der Waals surface area contributed by atoms with Gasteiger partial charge in [-0.25, -0.2) is 22.0 Å². The molecule has 2 rings (SSSR count). The highest BCUT2D eigenvalue weighted by Gasteiger charge is 2.25. The molecule has 11 heteroatoms. The summed E-state index contributed by atoms with van der Waals surface area (Å²) in [5, 5.41) is 8.92. The van der Waals surface area contributed by atoms with E-state index in [1.54, 1.807) is 0 Å². The van der Waals surface area contributed by atoms with Gasteiger partial charge in [0.15, 0.2) is 5.75 Å². The van der Waals surface area contributed by atoms with E-state index in [1.807, 2.05) is 4.72 Å². The molecule has 2 aromatic rings. The lowest BCUT2D eigenvalue weighted by Crippen LogP contribution is -2.16. The van der Waals surface area contributed by atoms with Crippen LogP contribution >= 0.6 is 27.5 Å². The van der Waals surface area contributed by atoms with E-state index in [0.29, 0.717) is 6.07 Å². The number of nitrogens with one attached hydrogen (secondary N) is 1. The van der Waals surface area contributed by atoms with Crippen molar-refractivity contribution >= 4 is 49.2 Å². The number of methoxy groups -OCH3 is 1. The van der Waals surface area contributed by atoms with Gasteiger partial charge < -0.3 is 9.84 Å². The van der Waals surface area contributed by atoms with Gasteiger partial charge in [0, 0.05) is 11.1 Å². The molecule has 0 spiro atoms. The number of benzene rings is 2. The number of carbonyl (C=O) groups is 1. The van der Waals surface area contributed by atoms with Crippen LogP contribution in [0.2, 0.25) is 5.02 Å². The summed E-state index contributed by atoms with van der Waals surface area (Å²) in [4.78, 5) is 10.5. The second kappa shape index (κ2) is 7.14. The fraction of sp³-hybridized carbons (Fsp3) is 0.0714. The minimum Gasteiger partial charge on any atom is -0.494 e. The lowest BCUT2D eigenvalue weighted by molar-refractivity contribution is 0.0692. The maximum absolute atomic E-state index is 13.9. The van der Waals surface area contributed by atoms with Crippen molar-refractivity contribution in [1.82, 2.24) is 0 Å². The first-order valence-corrected chi connectivity index (χ1v) is 9.00. The number of carboxylic acid groups (broad SMARTS) is 1. The molecule has 0 aromatic heterocycles. The molecule has 0 unspecified atom stereocenters. The average Bonchev–Trinajstić information content (AvgIpc) is 2.48. The highest BCUT2D eigenvalue weighted by Crippen LogP contribution is 2.36. The van der Waals surface area contributed by atoms with Gasteiger partial charge in [0.25, 0.3) is 10.0 Å². The van der Waals surface area contributed by atoms with Crippen LogP contribution in [0.25, 0.3) is 0 Å². The van der Waals surface area contributed by atoms with Crippen molar-refractivity contribution in [1.29, 1.82) is 0 Å². The number of halogens is 4. The Morgan fingerprint density at radius 1 is 1.24 bits per heavy atom. The number of ether oxygens (including phenoxy) is 1. The summed E-state index contributed by atoms with van der Waals surface area (Å²) in [7, 11) is -3.21. The Bertz CT molecular complexity index is 968. The normalized spacial score (nSPS) is 11.2. The molecule has 134 valence electrons. The third-order valence-corrected chi connectivity index (χ3v) is 5.18. The molecule has 0 saturated heterocycles. The summed E-state index contributed by atoms with van der Waals surface area (Å²) in [5.41, 5.74) is -1.63. The fourth-order valence-electron chi connectivity index (χ4n) is 1.93. The molecule has 2 N–H and O–H groups in total. The minimum atomic E-state index is -4.42. The molecule has 0 heterocycles. The zero-order valence-corrected chi connectivity index (χ0v) is 15.5. The Morgan fingerprint density at radius 2 is 1.88 bits per heavy atom. The van der Waals surface area contributed by atoms with Gasteiger partial charge in [0.2, 0.25) is 0 Å². The van der Waals surface area contributed by atoms with E-state index in [4.69, 9.17) is 21.4 Å². The fourth-order valence-corrected chi connectivity index (χ4v) is 4.37. The van der Waals surface area contributed by atoms with Gasteiger partial charge in [-0.05, 0) is 34.1 Å². The van der Waals surface area contributed by atoms with Crippen molar-refractivity contribution in [2.75, 3.05) is 11.8 Å². The predicted octanol–water partition coefficient (Wildman–Crippen LogP) is 3.89. The standard InChI is InChI=1S/C14H9BrClF2NO5S/c1-24-13-8(15)2-6(16)3-12(13)25(22,23)19-11-4-7(14(20)21)9(17)5-10(11)18/h2-5,19H,1H3,(H,20,21). The van der Waals surface area contributed by atoms with Crippen molar-refractivity contribution in [2.45, 2.75) is 4.90 Å². The summed E-state index contributed by atoms with van der Waals surface area (Å²) in [5.74, 6) is -4.40. The van der Waals surface area contributed by atoms with Crippen molar-refractivity contribution in [3.8, 4) is 5.75 Å². The summed E-state index contributed by atoms with van der Waals surface area (Å²) < 4.78 is 59.4. The second-order valence-electron chi connectivity index (χ2n) is 4.64. The van der Waals surface area contributed by atoms with Crippen molar-refractivity contribution < 1.29 is 31.8 Å². The lowest BCUT2D eigenvalue weighted by Gasteiger charge is -2.14. The number of rotatable bonds is 5. The van der Waals surface area contributed by atoms with E-state index in [2.05, 4.69) is 15.9 Å². The topological polar surface area (TPSA) is 92.7 Å². The molecule has 0 fully saturated rings. The smallest absolute Gasteiger partial charge is 0.338 e. The SMILES string of the molecule is COc1c(Br)cc(Cl)cc1S(=O)(=O)Nc1cc(C(=O)O)c(F)cc1F. The van der Waals surface area contributed by atoms with Gasteiger partial charge in [-0.2, -0.15) is 0 Å². The van der Waals surface area contributed by atoms with Gasteiger partial charge in [0.1, 0.15) is 16.5 Å².